The quantitative estimate of drug-likeness (QED) is 0.326. The predicted octanol–water partition coefficient (Wildman–Crippen LogP) is 2.40. The number of thiazole rings is 1. The van der Waals surface area contributed by atoms with Crippen molar-refractivity contribution in [3.8, 4) is 23.2 Å². The van der Waals surface area contributed by atoms with Crippen molar-refractivity contribution in [2.24, 2.45) is 0 Å². The van der Waals surface area contributed by atoms with Gasteiger partial charge in [0, 0.05) is 32.4 Å². The van der Waals surface area contributed by atoms with E-state index in [9.17, 15) is 9.59 Å². The first-order valence-corrected chi connectivity index (χ1v) is 14.0. The number of rotatable bonds is 3. The third-order valence-electron chi connectivity index (χ3n) is 7.72. The fourth-order valence-corrected chi connectivity index (χ4v) is 6.36. The number of aromatic nitrogens is 4. The molecule has 2 aromatic carbocycles. The minimum Gasteiger partial charge on any atom is -0.487 e. The summed E-state index contributed by atoms with van der Waals surface area (Å²) in [5.41, 5.74) is 1.65. The summed E-state index contributed by atoms with van der Waals surface area (Å²) in [6, 6.07) is 10.1. The molecule has 10 nitrogen and oxygen atoms in total. The number of halogens is 1. The average Bonchev–Trinajstić information content (AvgIpc) is 3.51. The number of nitriles is 1. The molecule has 2 aliphatic rings. The molecule has 5 heterocycles. The third-order valence-corrected chi connectivity index (χ3v) is 8.68. The van der Waals surface area contributed by atoms with Crippen molar-refractivity contribution in [2.45, 2.75) is 13.0 Å². The molecule has 7 rings (SSSR count). The van der Waals surface area contributed by atoms with Crippen molar-refractivity contribution >= 4 is 39.0 Å². The van der Waals surface area contributed by atoms with E-state index in [0.29, 0.717) is 51.7 Å². The molecule has 0 amide bonds. The Balaban J connectivity index is 1.35. The molecule has 0 radical (unpaired) electrons. The largest absolute Gasteiger partial charge is 0.487 e. The van der Waals surface area contributed by atoms with Crippen LogP contribution in [-0.4, -0.2) is 63.9 Å². The lowest BCUT2D eigenvalue weighted by molar-refractivity contribution is 0.245. The lowest BCUT2D eigenvalue weighted by atomic mass is 10.0. The van der Waals surface area contributed by atoms with Gasteiger partial charge in [-0.15, -0.1) is 5.10 Å². The molecule has 1 atom stereocenters. The summed E-state index contributed by atoms with van der Waals surface area (Å²) >= 11 is 1.16. The maximum Gasteiger partial charge on any atom is 0.291 e. The van der Waals surface area contributed by atoms with Gasteiger partial charge in [-0.1, -0.05) is 23.5 Å². The van der Waals surface area contributed by atoms with Gasteiger partial charge in [-0.25, -0.2) is 4.39 Å². The Hall–Kier alpha value is -4.60. The molecule has 1 saturated heterocycles. The van der Waals surface area contributed by atoms with Gasteiger partial charge in [-0.05, 0) is 43.8 Å². The highest BCUT2D eigenvalue weighted by Crippen LogP contribution is 2.42. The first-order chi connectivity index (χ1) is 19.8. The average molecular weight is 570 g/mol. The molecule has 0 aliphatic carbocycles. The van der Waals surface area contributed by atoms with Crippen LogP contribution in [0.3, 0.4) is 0 Å². The Morgan fingerprint density at radius 3 is 2.63 bits per heavy atom. The van der Waals surface area contributed by atoms with Crippen LogP contribution in [0.15, 0.2) is 46.1 Å². The van der Waals surface area contributed by atoms with Crippen molar-refractivity contribution in [3.05, 3.63) is 78.6 Å². The molecule has 0 spiro atoms. The van der Waals surface area contributed by atoms with E-state index in [2.05, 4.69) is 21.1 Å². The summed E-state index contributed by atoms with van der Waals surface area (Å²) in [7, 11) is 2.04. The Kier molecular flexibility index (Phi) is 5.88. The summed E-state index contributed by atoms with van der Waals surface area (Å²) in [6.45, 7) is 5.21. The second kappa shape index (κ2) is 9.50. The van der Waals surface area contributed by atoms with Crippen LogP contribution >= 0.6 is 11.3 Å². The number of ether oxygens (including phenoxy) is 1. The van der Waals surface area contributed by atoms with E-state index in [1.807, 2.05) is 23.4 Å². The van der Waals surface area contributed by atoms with Crippen molar-refractivity contribution in [1.29, 1.82) is 5.26 Å². The number of hydrogen-bond acceptors (Lipinski definition) is 9. The highest BCUT2D eigenvalue weighted by Gasteiger charge is 2.31. The molecule has 0 bridgehead atoms. The van der Waals surface area contributed by atoms with Crippen LogP contribution in [0.25, 0.3) is 33.3 Å². The summed E-state index contributed by atoms with van der Waals surface area (Å²) in [5, 5.41) is 13.6. The molecular formula is C29H24FN7O3S. The summed E-state index contributed by atoms with van der Waals surface area (Å²) in [4.78, 5) is 35.9. The Morgan fingerprint density at radius 2 is 1.93 bits per heavy atom. The van der Waals surface area contributed by atoms with E-state index in [0.717, 1.165) is 30.0 Å². The van der Waals surface area contributed by atoms with Crippen LogP contribution in [0.5, 0.6) is 5.75 Å². The SMILES string of the molecule is C[C@H]1COc2c(N3CCN(C)CC3)c(F)cc3c(=O)c(-c4nc5s/c(=C/c6ccc(C#N)cc6)c(=O)n5n4)cn1c23. The number of fused-ring (bicyclic) bond motifs is 1. The molecule has 0 saturated carbocycles. The van der Waals surface area contributed by atoms with E-state index in [-0.39, 0.29) is 28.4 Å². The second-order valence-corrected chi connectivity index (χ2v) is 11.5. The Morgan fingerprint density at radius 1 is 1.17 bits per heavy atom. The number of likely N-dealkylation sites (N-methyl/N-ethyl adjacent to an activating group) is 1. The summed E-state index contributed by atoms with van der Waals surface area (Å²) in [5.74, 6) is -0.0105. The van der Waals surface area contributed by atoms with Gasteiger partial charge in [0.25, 0.3) is 5.56 Å². The monoisotopic (exact) mass is 569 g/mol. The number of piperazine rings is 1. The van der Waals surface area contributed by atoms with Gasteiger partial charge in [0.2, 0.25) is 10.4 Å². The topological polar surface area (TPSA) is 109 Å². The Bertz CT molecular complexity index is 2070. The fraction of sp³-hybridized carbons (Fsp3) is 0.276. The lowest BCUT2D eigenvalue weighted by Gasteiger charge is -2.37. The first-order valence-electron chi connectivity index (χ1n) is 13.2. The van der Waals surface area contributed by atoms with E-state index >= 15 is 4.39 Å². The molecule has 3 aromatic heterocycles. The summed E-state index contributed by atoms with van der Waals surface area (Å²) in [6.07, 6.45) is 3.41. The molecular weight excluding hydrogens is 545 g/mol. The highest BCUT2D eigenvalue weighted by molar-refractivity contribution is 7.15. The lowest BCUT2D eigenvalue weighted by Crippen LogP contribution is -2.45. The van der Waals surface area contributed by atoms with Crippen molar-refractivity contribution in [2.75, 3.05) is 44.7 Å². The number of benzene rings is 2. The number of nitrogens with zero attached hydrogens (tertiary/aromatic N) is 7. The number of hydrogen-bond donors (Lipinski definition) is 0. The van der Waals surface area contributed by atoms with Crippen molar-refractivity contribution in [3.63, 3.8) is 0 Å². The van der Waals surface area contributed by atoms with Crippen LogP contribution in [0, 0.1) is 17.1 Å². The third kappa shape index (κ3) is 4.08. The van der Waals surface area contributed by atoms with Crippen molar-refractivity contribution in [1.82, 2.24) is 24.1 Å². The molecule has 1 fully saturated rings. The number of pyridine rings is 1. The highest BCUT2D eigenvalue weighted by atomic mass is 32.1. The standard InChI is InChI=1S/C29H24FN7O3S/c1-16-15-40-26-23-19(12-21(30)24(26)35-9-7-34(2)8-10-35)25(38)20(14-36(16)23)27-32-29-37(33-27)28(39)22(41-29)11-17-3-5-18(13-31)6-4-17/h3-6,11-12,14,16H,7-10,15H2,1-2H3/b22-11+/t16-/m0/s1. The van der Waals surface area contributed by atoms with Crippen LogP contribution in [0.4, 0.5) is 10.1 Å². The summed E-state index contributed by atoms with van der Waals surface area (Å²) < 4.78 is 25.3. The zero-order valence-electron chi connectivity index (χ0n) is 22.3. The minimum atomic E-state index is -0.504. The van der Waals surface area contributed by atoms with Crippen LogP contribution in [0.1, 0.15) is 24.1 Å². The van der Waals surface area contributed by atoms with Gasteiger partial charge in [0.05, 0.1) is 38.7 Å². The van der Waals surface area contributed by atoms with Gasteiger partial charge < -0.3 is 19.1 Å². The fourth-order valence-electron chi connectivity index (χ4n) is 5.45. The van der Waals surface area contributed by atoms with Crippen LogP contribution < -0.4 is 25.2 Å². The Labute approximate surface area is 236 Å². The van der Waals surface area contributed by atoms with E-state index in [4.69, 9.17) is 10.00 Å². The normalized spacial score (nSPS) is 17.8. The zero-order valence-corrected chi connectivity index (χ0v) is 23.1. The number of anilines is 1. The molecule has 5 aromatic rings. The second-order valence-electron chi connectivity index (χ2n) is 10.4. The maximum absolute atomic E-state index is 15.7. The molecule has 0 unspecified atom stereocenters. The van der Waals surface area contributed by atoms with Crippen LogP contribution in [-0.2, 0) is 0 Å². The van der Waals surface area contributed by atoms with E-state index < -0.39 is 11.2 Å². The molecule has 41 heavy (non-hydrogen) atoms. The van der Waals surface area contributed by atoms with Gasteiger partial charge in [0.1, 0.15) is 12.3 Å². The van der Waals surface area contributed by atoms with Gasteiger partial charge >= 0.3 is 0 Å². The van der Waals surface area contributed by atoms with Gasteiger partial charge in [-0.3, -0.25) is 9.59 Å². The smallest absolute Gasteiger partial charge is 0.291 e. The zero-order chi connectivity index (χ0) is 28.4. The van der Waals surface area contributed by atoms with E-state index in [1.165, 1.54) is 10.6 Å². The minimum absolute atomic E-state index is 0.109. The molecule has 2 aliphatic heterocycles. The first kappa shape index (κ1) is 25.4. The molecule has 12 heteroatoms. The molecule has 0 N–H and O–H groups in total. The molecule has 206 valence electrons. The maximum atomic E-state index is 15.7. The van der Waals surface area contributed by atoms with Gasteiger partial charge in [0.15, 0.2) is 17.4 Å². The predicted molar refractivity (Wildman–Crippen MR) is 154 cm³/mol. The van der Waals surface area contributed by atoms with Crippen LogP contribution in [0.2, 0.25) is 0 Å². The van der Waals surface area contributed by atoms with Gasteiger partial charge in [-0.2, -0.15) is 14.8 Å². The van der Waals surface area contributed by atoms with E-state index in [1.54, 1.807) is 36.5 Å². The van der Waals surface area contributed by atoms with Crippen molar-refractivity contribution < 1.29 is 9.13 Å².